The highest BCUT2D eigenvalue weighted by atomic mass is 32.2. The molecule has 1 aliphatic rings. The largest absolute Gasteiger partial charge is 0.352 e. The van der Waals surface area contributed by atoms with Gasteiger partial charge in [0.1, 0.15) is 0 Å². The fraction of sp³-hybridized carbons (Fsp3) is 0.588. The van der Waals surface area contributed by atoms with E-state index in [4.69, 9.17) is 0 Å². The van der Waals surface area contributed by atoms with Gasteiger partial charge in [-0.2, -0.15) is 0 Å². The van der Waals surface area contributed by atoms with Crippen LogP contribution >= 0.6 is 11.8 Å². The number of thioether (sulfide) groups is 1. The van der Waals surface area contributed by atoms with Crippen LogP contribution in [0.5, 0.6) is 0 Å². The fourth-order valence-corrected chi connectivity index (χ4v) is 3.81. The van der Waals surface area contributed by atoms with Crippen molar-refractivity contribution in [2.45, 2.75) is 44.9 Å². The molecule has 0 aromatic heterocycles. The zero-order valence-corrected chi connectivity index (χ0v) is 14.5. The van der Waals surface area contributed by atoms with Crippen LogP contribution < -0.4 is 5.32 Å². The quantitative estimate of drug-likeness (QED) is 0.634. The molecule has 1 amide bonds. The molecule has 1 aliphatic carbocycles. The van der Waals surface area contributed by atoms with Crippen molar-refractivity contribution in [3.8, 4) is 0 Å². The molecule has 1 N–H and O–H groups in total. The summed E-state index contributed by atoms with van der Waals surface area (Å²) in [6, 6.07) is 6.79. The Morgan fingerprint density at radius 3 is 2.65 bits per heavy atom. The molecule has 5 nitrogen and oxygen atoms in total. The summed E-state index contributed by atoms with van der Waals surface area (Å²) in [6.07, 6.45) is 3.51. The van der Waals surface area contributed by atoms with E-state index in [-0.39, 0.29) is 11.6 Å². The molecular formula is C17H24N2O3S. The minimum absolute atomic E-state index is 0.0860. The molecular weight excluding hydrogens is 312 g/mol. The van der Waals surface area contributed by atoms with Gasteiger partial charge in [-0.1, -0.05) is 38.8 Å². The molecule has 1 aromatic carbocycles. The topological polar surface area (TPSA) is 72.2 Å². The second-order valence-electron chi connectivity index (χ2n) is 6.36. The maximum atomic E-state index is 12.1. The summed E-state index contributed by atoms with van der Waals surface area (Å²) in [5.41, 5.74) is 1.09. The highest BCUT2D eigenvalue weighted by Gasteiger charge is 2.27. The van der Waals surface area contributed by atoms with Gasteiger partial charge in [-0.25, -0.2) is 0 Å². The molecule has 3 atom stereocenters. The molecule has 1 fully saturated rings. The lowest BCUT2D eigenvalue weighted by Gasteiger charge is -2.34. The molecule has 1 saturated carbocycles. The van der Waals surface area contributed by atoms with Crippen molar-refractivity contribution in [2.75, 3.05) is 5.75 Å². The third kappa shape index (κ3) is 5.23. The van der Waals surface area contributed by atoms with E-state index in [1.54, 1.807) is 12.1 Å². The van der Waals surface area contributed by atoms with Gasteiger partial charge in [0.05, 0.1) is 10.7 Å². The minimum atomic E-state index is -0.406. The highest BCUT2D eigenvalue weighted by Crippen LogP contribution is 2.29. The molecule has 0 spiro atoms. The molecule has 0 unspecified atom stereocenters. The average Bonchev–Trinajstić information content (AvgIpc) is 2.52. The number of carbonyl (C=O) groups excluding carboxylic acids is 1. The van der Waals surface area contributed by atoms with Crippen LogP contribution in [0.15, 0.2) is 24.3 Å². The van der Waals surface area contributed by atoms with Gasteiger partial charge >= 0.3 is 0 Å². The van der Waals surface area contributed by atoms with Gasteiger partial charge in [0, 0.05) is 23.9 Å². The summed E-state index contributed by atoms with van der Waals surface area (Å²) < 4.78 is 0. The Kier molecular flexibility index (Phi) is 6.45. The first kappa shape index (κ1) is 17.8. The maximum Gasteiger partial charge on any atom is 0.269 e. The Hall–Kier alpha value is -1.56. The number of amides is 1. The number of nitro groups is 1. The molecule has 1 aromatic rings. The summed E-state index contributed by atoms with van der Waals surface area (Å²) in [6.45, 7) is 4.48. The summed E-state index contributed by atoms with van der Waals surface area (Å²) in [7, 11) is 0. The minimum Gasteiger partial charge on any atom is -0.352 e. The molecule has 126 valence electrons. The second kappa shape index (κ2) is 8.34. The highest BCUT2D eigenvalue weighted by molar-refractivity contribution is 7.99. The maximum absolute atomic E-state index is 12.1. The van der Waals surface area contributed by atoms with E-state index in [0.717, 1.165) is 12.0 Å². The standard InChI is InChI=1S/C17H24N2O3S/c1-12-4-3-5-16(13(12)2)18-17(20)11-23-10-14-6-8-15(9-7-14)19(21)22/h6-9,12-13,16H,3-5,10-11H2,1-2H3,(H,18,20)/t12-,13-,16+/m1/s1. The number of nitro benzene ring substituents is 1. The molecule has 23 heavy (non-hydrogen) atoms. The lowest BCUT2D eigenvalue weighted by Crippen LogP contribution is -2.44. The molecule has 0 heterocycles. The van der Waals surface area contributed by atoms with Crippen molar-refractivity contribution in [1.82, 2.24) is 5.32 Å². The van der Waals surface area contributed by atoms with Crippen LogP contribution in [0.3, 0.4) is 0 Å². The molecule has 0 saturated heterocycles. The lowest BCUT2D eigenvalue weighted by atomic mass is 9.78. The summed E-state index contributed by atoms with van der Waals surface area (Å²) in [4.78, 5) is 22.3. The number of non-ortho nitro benzene ring substituents is 1. The zero-order valence-electron chi connectivity index (χ0n) is 13.7. The Bertz CT molecular complexity index is 547. The van der Waals surface area contributed by atoms with Crippen LogP contribution in [-0.4, -0.2) is 22.6 Å². The molecule has 6 heteroatoms. The van der Waals surface area contributed by atoms with E-state index >= 15 is 0 Å². The number of hydrogen-bond acceptors (Lipinski definition) is 4. The number of nitrogens with one attached hydrogen (secondary N) is 1. The number of nitrogens with zero attached hydrogens (tertiary/aromatic N) is 1. The van der Waals surface area contributed by atoms with Gasteiger partial charge in [0.15, 0.2) is 0 Å². The van der Waals surface area contributed by atoms with Gasteiger partial charge in [0.25, 0.3) is 5.69 Å². The molecule has 2 rings (SSSR count). The summed E-state index contributed by atoms with van der Waals surface area (Å²) in [5, 5.41) is 13.8. The van der Waals surface area contributed by atoms with Gasteiger partial charge in [-0.05, 0) is 23.8 Å². The number of hydrogen-bond donors (Lipinski definition) is 1. The Morgan fingerprint density at radius 1 is 1.30 bits per heavy atom. The molecule has 0 bridgehead atoms. The van der Waals surface area contributed by atoms with Gasteiger partial charge in [-0.3, -0.25) is 14.9 Å². The van der Waals surface area contributed by atoms with Crippen molar-refractivity contribution in [3.63, 3.8) is 0 Å². The fourth-order valence-electron chi connectivity index (χ4n) is 3.01. The van der Waals surface area contributed by atoms with Crippen LogP contribution in [0.2, 0.25) is 0 Å². The molecule has 0 radical (unpaired) electrons. The summed E-state index contributed by atoms with van der Waals surface area (Å²) >= 11 is 1.54. The van der Waals surface area contributed by atoms with E-state index in [2.05, 4.69) is 19.2 Å². The van der Waals surface area contributed by atoms with Crippen LogP contribution in [-0.2, 0) is 10.5 Å². The van der Waals surface area contributed by atoms with Crippen molar-refractivity contribution in [1.29, 1.82) is 0 Å². The van der Waals surface area contributed by atoms with E-state index in [0.29, 0.717) is 29.4 Å². The predicted octanol–water partition coefficient (Wildman–Crippen LogP) is 3.77. The Balaban J connectivity index is 1.73. The average molecular weight is 336 g/mol. The number of rotatable bonds is 6. The zero-order chi connectivity index (χ0) is 16.8. The van der Waals surface area contributed by atoms with Crippen molar-refractivity contribution >= 4 is 23.4 Å². The van der Waals surface area contributed by atoms with Gasteiger partial charge in [-0.15, -0.1) is 11.8 Å². The lowest BCUT2D eigenvalue weighted by molar-refractivity contribution is -0.384. The van der Waals surface area contributed by atoms with Gasteiger partial charge in [0.2, 0.25) is 5.91 Å². The Labute approximate surface area is 141 Å². The van der Waals surface area contributed by atoms with Crippen molar-refractivity contribution < 1.29 is 9.72 Å². The first-order valence-corrected chi connectivity index (χ1v) is 9.23. The van der Waals surface area contributed by atoms with Crippen LogP contribution in [0, 0.1) is 22.0 Å². The monoisotopic (exact) mass is 336 g/mol. The van der Waals surface area contributed by atoms with Crippen molar-refractivity contribution in [3.05, 3.63) is 39.9 Å². The summed E-state index contributed by atoms with van der Waals surface area (Å²) in [5.74, 6) is 2.40. The van der Waals surface area contributed by atoms with Crippen LogP contribution in [0.1, 0.15) is 38.7 Å². The second-order valence-corrected chi connectivity index (χ2v) is 7.34. The smallest absolute Gasteiger partial charge is 0.269 e. The number of benzene rings is 1. The third-order valence-corrected chi connectivity index (χ3v) is 5.71. The van der Waals surface area contributed by atoms with E-state index in [1.165, 1.54) is 36.7 Å². The van der Waals surface area contributed by atoms with E-state index < -0.39 is 4.92 Å². The Morgan fingerprint density at radius 2 is 2.00 bits per heavy atom. The van der Waals surface area contributed by atoms with Crippen LogP contribution in [0.4, 0.5) is 5.69 Å². The third-order valence-electron chi connectivity index (χ3n) is 4.70. The normalized spacial score (nSPS) is 24.2. The SMILES string of the molecule is C[C@@H]1[C@H](C)CCC[C@@H]1NC(=O)CSCc1ccc([N+](=O)[O-])cc1. The predicted molar refractivity (Wildman–Crippen MR) is 93.4 cm³/mol. The van der Waals surface area contributed by atoms with Crippen molar-refractivity contribution in [2.24, 2.45) is 11.8 Å². The van der Waals surface area contributed by atoms with Gasteiger partial charge < -0.3 is 5.32 Å². The first-order chi connectivity index (χ1) is 11.0. The molecule has 0 aliphatic heterocycles. The first-order valence-electron chi connectivity index (χ1n) is 8.08. The van der Waals surface area contributed by atoms with Crippen LogP contribution in [0.25, 0.3) is 0 Å². The van der Waals surface area contributed by atoms with E-state index in [1.807, 2.05) is 0 Å². The van der Waals surface area contributed by atoms with E-state index in [9.17, 15) is 14.9 Å². The number of carbonyl (C=O) groups is 1.